The van der Waals surface area contributed by atoms with E-state index in [0.29, 0.717) is 0 Å². The van der Waals surface area contributed by atoms with Crippen LogP contribution in [0.4, 0.5) is 10.1 Å². The molecule has 1 aromatic carbocycles. The molecule has 1 aliphatic rings. The van der Waals surface area contributed by atoms with E-state index in [-0.39, 0.29) is 30.3 Å². The number of aliphatic hydroxyl groups excluding tert-OH is 1. The van der Waals surface area contributed by atoms with Crippen molar-refractivity contribution in [1.82, 2.24) is 0 Å². The molecular weight excluding hydrogens is 201 g/mol. The highest BCUT2D eigenvalue weighted by Crippen LogP contribution is 2.32. The van der Waals surface area contributed by atoms with Gasteiger partial charge in [0.1, 0.15) is 11.4 Å². The van der Waals surface area contributed by atoms with E-state index in [9.17, 15) is 19.4 Å². The summed E-state index contributed by atoms with van der Waals surface area (Å²) >= 11 is 0. The summed E-state index contributed by atoms with van der Waals surface area (Å²) in [4.78, 5) is 12.4. The Morgan fingerprint density at radius 2 is 2.20 bits per heavy atom. The molecule has 0 radical (unpaired) electrons. The van der Waals surface area contributed by atoms with Gasteiger partial charge < -0.3 is 15.1 Å². The van der Waals surface area contributed by atoms with Crippen molar-refractivity contribution >= 4 is 11.6 Å². The second-order valence-electron chi connectivity index (χ2n) is 3.47. The number of nitrogens with zero attached hydrogens (tertiary/aromatic N) is 1. The first-order valence-corrected chi connectivity index (χ1v) is 4.55. The number of phenols is 1. The molecule has 0 aliphatic carbocycles. The fourth-order valence-electron chi connectivity index (χ4n) is 1.68. The number of para-hydroxylation sites is 1. The molecule has 5 heteroatoms. The summed E-state index contributed by atoms with van der Waals surface area (Å²) in [5, 5.41) is 18.7. The third-order valence-corrected chi connectivity index (χ3v) is 2.34. The minimum Gasteiger partial charge on any atom is -0.506 e. The summed E-state index contributed by atoms with van der Waals surface area (Å²) in [7, 11) is 0. The van der Waals surface area contributed by atoms with Gasteiger partial charge in [-0.25, -0.2) is 4.39 Å². The van der Waals surface area contributed by atoms with E-state index in [1.54, 1.807) is 0 Å². The van der Waals surface area contributed by atoms with E-state index in [1.807, 2.05) is 0 Å². The Labute approximate surface area is 85.6 Å². The SMILES string of the molecule is O=C1CC(O)CN1c1c(O)cccc1F. The standard InChI is InChI=1S/C10H10FNO3/c11-7-2-1-3-8(14)10(7)12-5-6(13)4-9(12)15/h1-3,6,13-14H,4-5H2. The highest BCUT2D eigenvalue weighted by Gasteiger charge is 2.32. The Morgan fingerprint density at radius 1 is 1.47 bits per heavy atom. The molecule has 1 fully saturated rings. The van der Waals surface area contributed by atoms with Gasteiger partial charge in [0.2, 0.25) is 5.91 Å². The normalized spacial score (nSPS) is 21.1. The highest BCUT2D eigenvalue weighted by atomic mass is 19.1. The van der Waals surface area contributed by atoms with Gasteiger partial charge in [-0.15, -0.1) is 0 Å². The van der Waals surface area contributed by atoms with Crippen LogP contribution >= 0.6 is 0 Å². The summed E-state index contributed by atoms with van der Waals surface area (Å²) in [6.45, 7) is 0.0212. The summed E-state index contributed by atoms with van der Waals surface area (Å²) in [6.07, 6.45) is -0.829. The number of carbonyl (C=O) groups excluding carboxylic acids is 1. The number of β-amino-alcohol motifs (C(OH)–C–C–N with tert-alkyl or cyclic N) is 1. The van der Waals surface area contributed by atoms with Crippen LogP contribution in [-0.2, 0) is 4.79 Å². The van der Waals surface area contributed by atoms with Crippen molar-refractivity contribution in [1.29, 1.82) is 0 Å². The van der Waals surface area contributed by atoms with Crippen LogP contribution in [-0.4, -0.2) is 28.8 Å². The van der Waals surface area contributed by atoms with Crippen LogP contribution in [0.5, 0.6) is 5.75 Å². The van der Waals surface area contributed by atoms with Crippen molar-refractivity contribution in [3.05, 3.63) is 24.0 Å². The smallest absolute Gasteiger partial charge is 0.229 e. The molecule has 1 atom stereocenters. The van der Waals surface area contributed by atoms with E-state index in [1.165, 1.54) is 12.1 Å². The Hall–Kier alpha value is -1.62. The van der Waals surface area contributed by atoms with Gasteiger partial charge >= 0.3 is 0 Å². The van der Waals surface area contributed by atoms with Crippen LogP contribution in [0.2, 0.25) is 0 Å². The number of amides is 1. The molecule has 0 aromatic heterocycles. The van der Waals surface area contributed by atoms with Crippen LogP contribution in [0.15, 0.2) is 18.2 Å². The van der Waals surface area contributed by atoms with Gasteiger partial charge in [-0.2, -0.15) is 0 Å². The molecule has 80 valence electrons. The van der Waals surface area contributed by atoms with Crippen LogP contribution in [0.25, 0.3) is 0 Å². The number of hydrogen-bond acceptors (Lipinski definition) is 3. The van der Waals surface area contributed by atoms with Crippen molar-refractivity contribution < 1.29 is 19.4 Å². The van der Waals surface area contributed by atoms with Crippen LogP contribution in [0.3, 0.4) is 0 Å². The second-order valence-corrected chi connectivity index (χ2v) is 3.47. The molecule has 0 spiro atoms. The molecule has 0 bridgehead atoms. The van der Waals surface area contributed by atoms with Gasteiger partial charge in [0.15, 0.2) is 5.82 Å². The highest BCUT2D eigenvalue weighted by molar-refractivity contribution is 5.97. The third kappa shape index (κ3) is 1.66. The monoisotopic (exact) mass is 211 g/mol. The Morgan fingerprint density at radius 3 is 2.73 bits per heavy atom. The number of halogens is 1. The molecule has 2 N–H and O–H groups in total. The molecule has 1 aromatic rings. The maximum Gasteiger partial charge on any atom is 0.229 e. The molecule has 1 amide bonds. The van der Waals surface area contributed by atoms with Crippen LogP contribution < -0.4 is 4.90 Å². The molecule has 1 heterocycles. The third-order valence-electron chi connectivity index (χ3n) is 2.34. The van der Waals surface area contributed by atoms with E-state index in [2.05, 4.69) is 0 Å². The van der Waals surface area contributed by atoms with Crippen molar-refractivity contribution in [2.24, 2.45) is 0 Å². The lowest BCUT2D eigenvalue weighted by atomic mass is 10.2. The molecule has 2 rings (SSSR count). The number of anilines is 1. The molecule has 1 unspecified atom stereocenters. The zero-order chi connectivity index (χ0) is 11.0. The van der Waals surface area contributed by atoms with Gasteiger partial charge in [0.05, 0.1) is 19.1 Å². The van der Waals surface area contributed by atoms with Gasteiger partial charge in [-0.05, 0) is 12.1 Å². The fourth-order valence-corrected chi connectivity index (χ4v) is 1.68. The van der Waals surface area contributed by atoms with E-state index in [4.69, 9.17) is 0 Å². The Balaban J connectivity index is 2.41. The lowest BCUT2D eigenvalue weighted by Gasteiger charge is -2.17. The Bertz CT molecular complexity index is 387. The van der Waals surface area contributed by atoms with Gasteiger partial charge in [-0.1, -0.05) is 6.07 Å². The number of aromatic hydroxyl groups is 1. The minimum absolute atomic E-state index is 0.0212. The van der Waals surface area contributed by atoms with Crippen molar-refractivity contribution in [3.8, 4) is 5.75 Å². The van der Waals surface area contributed by atoms with Gasteiger partial charge in [0, 0.05) is 0 Å². The largest absolute Gasteiger partial charge is 0.506 e. The number of carbonyl (C=O) groups is 1. The molecule has 4 nitrogen and oxygen atoms in total. The summed E-state index contributed by atoms with van der Waals surface area (Å²) in [6, 6.07) is 3.81. The predicted octanol–water partition coefficient (Wildman–Crippen LogP) is 0.629. The second kappa shape index (κ2) is 3.51. The average Bonchev–Trinajstić information content (AvgIpc) is 2.45. The molecule has 1 aliphatic heterocycles. The number of rotatable bonds is 1. The van der Waals surface area contributed by atoms with Gasteiger partial charge in [0.25, 0.3) is 0 Å². The zero-order valence-corrected chi connectivity index (χ0v) is 7.85. The van der Waals surface area contributed by atoms with Crippen molar-refractivity contribution in [2.75, 3.05) is 11.4 Å². The summed E-state index contributed by atoms with van der Waals surface area (Å²) in [5.74, 6) is -1.35. The first-order valence-electron chi connectivity index (χ1n) is 4.55. The molecular formula is C10H10FNO3. The zero-order valence-electron chi connectivity index (χ0n) is 7.85. The number of aliphatic hydroxyl groups is 1. The number of phenolic OH excluding ortho intramolecular Hbond substituents is 1. The number of benzene rings is 1. The lowest BCUT2D eigenvalue weighted by molar-refractivity contribution is -0.117. The molecule has 0 saturated carbocycles. The minimum atomic E-state index is -0.795. The average molecular weight is 211 g/mol. The first-order chi connectivity index (χ1) is 7.09. The fraction of sp³-hybridized carbons (Fsp3) is 0.300. The topological polar surface area (TPSA) is 60.8 Å². The first kappa shape index (κ1) is 9.92. The summed E-state index contributed by atoms with van der Waals surface area (Å²) in [5.41, 5.74) is -0.154. The van der Waals surface area contributed by atoms with E-state index < -0.39 is 11.9 Å². The maximum absolute atomic E-state index is 13.4. The van der Waals surface area contributed by atoms with Gasteiger partial charge in [-0.3, -0.25) is 4.79 Å². The van der Waals surface area contributed by atoms with Crippen molar-refractivity contribution in [3.63, 3.8) is 0 Å². The molecule has 1 saturated heterocycles. The van der Waals surface area contributed by atoms with Crippen LogP contribution in [0, 0.1) is 5.82 Å². The maximum atomic E-state index is 13.4. The predicted molar refractivity (Wildman–Crippen MR) is 51.0 cm³/mol. The van der Waals surface area contributed by atoms with E-state index in [0.717, 1.165) is 11.0 Å². The van der Waals surface area contributed by atoms with E-state index >= 15 is 0 Å². The number of hydrogen-bond donors (Lipinski definition) is 2. The van der Waals surface area contributed by atoms with Crippen molar-refractivity contribution in [2.45, 2.75) is 12.5 Å². The quantitative estimate of drug-likeness (QED) is 0.716. The summed E-state index contributed by atoms with van der Waals surface area (Å²) < 4.78 is 13.4. The van der Waals surface area contributed by atoms with Crippen LogP contribution in [0.1, 0.15) is 6.42 Å². The molecule has 15 heavy (non-hydrogen) atoms. The lowest BCUT2D eigenvalue weighted by Crippen LogP contribution is -2.26. The Kier molecular flexibility index (Phi) is 2.32.